The van der Waals surface area contributed by atoms with E-state index < -0.39 is 0 Å². The first-order valence-electron chi connectivity index (χ1n) is 3.96. The number of nitrogens with zero attached hydrogens (tertiary/aromatic N) is 1. The molecule has 0 aliphatic rings. The molecule has 3 nitrogen and oxygen atoms in total. The normalized spacial score (nSPS) is 11.2. The third kappa shape index (κ3) is 1.81. The van der Waals surface area contributed by atoms with Crippen LogP contribution in [0.2, 0.25) is 0 Å². The van der Waals surface area contributed by atoms with Crippen LogP contribution in [0.25, 0.3) is 6.08 Å². The van der Waals surface area contributed by atoms with Gasteiger partial charge in [-0.3, -0.25) is 5.10 Å². The number of hydrogen-bond acceptors (Lipinski definition) is 2. The molecule has 0 aromatic carbocycles. The van der Waals surface area contributed by atoms with E-state index in [9.17, 15) is 0 Å². The van der Waals surface area contributed by atoms with Gasteiger partial charge in [0, 0.05) is 6.21 Å². The Labute approximate surface area is 72.0 Å². The molecule has 1 rings (SSSR count). The monoisotopic (exact) mass is 163 g/mol. The molecule has 0 bridgehead atoms. The molecule has 1 heterocycles. The van der Waals surface area contributed by atoms with E-state index >= 15 is 0 Å². The summed E-state index contributed by atoms with van der Waals surface area (Å²) in [6, 6.07) is 0. The summed E-state index contributed by atoms with van der Waals surface area (Å²) in [7, 11) is 0. The number of rotatable bonds is 3. The highest BCUT2D eigenvalue weighted by atomic mass is 15.1. The largest absolute Gasteiger partial charge is 0.309 e. The highest BCUT2D eigenvalue weighted by Crippen LogP contribution is 2.17. The van der Waals surface area contributed by atoms with Crippen molar-refractivity contribution in [3.63, 3.8) is 0 Å². The number of nitrogens with one attached hydrogen (secondary N) is 2. The molecule has 12 heavy (non-hydrogen) atoms. The maximum Gasteiger partial charge on any atom is 0.0612 e. The van der Waals surface area contributed by atoms with Gasteiger partial charge < -0.3 is 5.41 Å². The van der Waals surface area contributed by atoms with E-state index in [2.05, 4.69) is 24.0 Å². The molecule has 1 aromatic rings. The number of hydrogen-bond donors (Lipinski definition) is 2. The van der Waals surface area contributed by atoms with E-state index in [1.807, 2.05) is 12.3 Å². The predicted octanol–water partition coefficient (Wildman–Crippen LogP) is 2.20. The minimum absolute atomic E-state index is 0.467. The van der Waals surface area contributed by atoms with Crippen LogP contribution in [0.3, 0.4) is 0 Å². The fourth-order valence-corrected chi connectivity index (χ4v) is 1.04. The molecule has 2 N–H and O–H groups in total. The molecule has 0 aliphatic carbocycles. The quantitative estimate of drug-likeness (QED) is 0.659. The van der Waals surface area contributed by atoms with Gasteiger partial charge in [-0.2, -0.15) is 5.10 Å². The average Bonchev–Trinajstić information content (AvgIpc) is 2.48. The lowest BCUT2D eigenvalue weighted by molar-refractivity contribution is 0.865. The number of aromatic nitrogens is 2. The van der Waals surface area contributed by atoms with Gasteiger partial charge in [0.2, 0.25) is 0 Å². The summed E-state index contributed by atoms with van der Waals surface area (Å²) in [5, 5.41) is 13.7. The van der Waals surface area contributed by atoms with Gasteiger partial charge in [0.1, 0.15) is 0 Å². The second-order valence-corrected chi connectivity index (χ2v) is 2.92. The van der Waals surface area contributed by atoms with E-state index in [4.69, 9.17) is 5.41 Å². The molecule has 64 valence electrons. The van der Waals surface area contributed by atoms with Gasteiger partial charge in [0.25, 0.3) is 0 Å². The molecule has 0 saturated carbocycles. The zero-order chi connectivity index (χ0) is 8.97. The van der Waals surface area contributed by atoms with E-state index in [0.717, 1.165) is 5.69 Å². The highest BCUT2D eigenvalue weighted by Gasteiger charge is 2.04. The summed E-state index contributed by atoms with van der Waals surface area (Å²) in [4.78, 5) is 0. The fraction of sp³-hybridized carbons (Fsp3) is 0.333. The SMILES string of the molecule is CC(C)c1cn[nH]c1/C=C\C=N. The Morgan fingerprint density at radius 3 is 2.92 bits per heavy atom. The molecule has 0 aliphatic heterocycles. The van der Waals surface area contributed by atoms with Crippen LogP contribution in [0.5, 0.6) is 0 Å². The average molecular weight is 163 g/mol. The van der Waals surface area contributed by atoms with Crippen molar-refractivity contribution in [1.29, 1.82) is 5.41 Å². The van der Waals surface area contributed by atoms with Crippen molar-refractivity contribution in [2.24, 2.45) is 0 Å². The Morgan fingerprint density at radius 1 is 1.58 bits per heavy atom. The van der Waals surface area contributed by atoms with Crippen LogP contribution in [0.1, 0.15) is 31.0 Å². The van der Waals surface area contributed by atoms with Gasteiger partial charge in [-0.1, -0.05) is 13.8 Å². The van der Waals surface area contributed by atoms with Crippen molar-refractivity contribution in [2.75, 3.05) is 0 Å². The first kappa shape index (κ1) is 8.71. The lowest BCUT2D eigenvalue weighted by Gasteiger charge is -2.00. The van der Waals surface area contributed by atoms with Crippen molar-refractivity contribution < 1.29 is 0 Å². The van der Waals surface area contributed by atoms with Crippen LogP contribution < -0.4 is 0 Å². The zero-order valence-electron chi connectivity index (χ0n) is 7.33. The number of allylic oxidation sites excluding steroid dienone is 1. The molecular formula is C9H13N3. The molecular weight excluding hydrogens is 150 g/mol. The summed E-state index contributed by atoms with van der Waals surface area (Å²) < 4.78 is 0. The van der Waals surface area contributed by atoms with Gasteiger partial charge >= 0.3 is 0 Å². The Kier molecular flexibility index (Phi) is 2.80. The second-order valence-electron chi connectivity index (χ2n) is 2.92. The first-order valence-corrected chi connectivity index (χ1v) is 3.96. The third-order valence-electron chi connectivity index (χ3n) is 1.68. The maximum absolute atomic E-state index is 6.84. The summed E-state index contributed by atoms with van der Waals surface area (Å²) in [6.45, 7) is 4.24. The lowest BCUT2D eigenvalue weighted by atomic mass is 10.0. The molecule has 0 atom stereocenters. The third-order valence-corrected chi connectivity index (χ3v) is 1.68. The minimum atomic E-state index is 0.467. The summed E-state index contributed by atoms with van der Waals surface area (Å²) in [6.07, 6.45) is 6.62. The smallest absolute Gasteiger partial charge is 0.0612 e. The standard InChI is InChI=1S/C9H13N3/c1-7(2)8-6-11-12-9(8)4-3-5-10/h3-7,10H,1-2H3,(H,11,12)/b4-3-,10-5?. The van der Waals surface area contributed by atoms with Crippen LogP contribution >= 0.6 is 0 Å². The lowest BCUT2D eigenvalue weighted by Crippen LogP contribution is -1.87. The summed E-state index contributed by atoms with van der Waals surface area (Å²) in [5.74, 6) is 0.467. The summed E-state index contributed by atoms with van der Waals surface area (Å²) >= 11 is 0. The molecule has 1 aromatic heterocycles. The zero-order valence-corrected chi connectivity index (χ0v) is 7.33. The number of H-pyrrole nitrogens is 1. The van der Waals surface area contributed by atoms with Crippen molar-refractivity contribution in [1.82, 2.24) is 10.2 Å². The van der Waals surface area contributed by atoms with Crippen LogP contribution in [0.4, 0.5) is 0 Å². The van der Waals surface area contributed by atoms with Gasteiger partial charge in [-0.15, -0.1) is 0 Å². The Morgan fingerprint density at radius 2 is 2.33 bits per heavy atom. The van der Waals surface area contributed by atoms with Crippen molar-refractivity contribution >= 4 is 12.3 Å². The molecule has 0 radical (unpaired) electrons. The molecule has 3 heteroatoms. The first-order chi connectivity index (χ1) is 5.75. The van der Waals surface area contributed by atoms with Crippen LogP contribution in [-0.2, 0) is 0 Å². The Bertz CT molecular complexity index is 284. The van der Waals surface area contributed by atoms with E-state index in [0.29, 0.717) is 5.92 Å². The van der Waals surface area contributed by atoms with Crippen molar-refractivity contribution in [2.45, 2.75) is 19.8 Å². The van der Waals surface area contributed by atoms with Crippen LogP contribution in [0.15, 0.2) is 12.3 Å². The molecule has 0 unspecified atom stereocenters. The van der Waals surface area contributed by atoms with Crippen LogP contribution in [0, 0.1) is 5.41 Å². The number of aromatic amines is 1. The van der Waals surface area contributed by atoms with Gasteiger partial charge in [0.05, 0.1) is 11.9 Å². The second kappa shape index (κ2) is 3.85. The van der Waals surface area contributed by atoms with Gasteiger partial charge in [-0.25, -0.2) is 0 Å². The highest BCUT2D eigenvalue weighted by molar-refractivity contribution is 5.75. The van der Waals surface area contributed by atoms with Crippen molar-refractivity contribution in [3.05, 3.63) is 23.5 Å². The minimum Gasteiger partial charge on any atom is -0.309 e. The molecule has 0 fully saturated rings. The van der Waals surface area contributed by atoms with Gasteiger partial charge in [-0.05, 0) is 23.6 Å². The van der Waals surface area contributed by atoms with E-state index in [-0.39, 0.29) is 0 Å². The summed E-state index contributed by atoms with van der Waals surface area (Å²) in [5.41, 5.74) is 2.18. The fourth-order valence-electron chi connectivity index (χ4n) is 1.04. The van der Waals surface area contributed by atoms with Crippen molar-refractivity contribution in [3.8, 4) is 0 Å². The molecule has 0 amide bonds. The molecule has 0 spiro atoms. The van der Waals surface area contributed by atoms with E-state index in [1.54, 1.807) is 6.08 Å². The van der Waals surface area contributed by atoms with Gasteiger partial charge in [0.15, 0.2) is 0 Å². The Hall–Kier alpha value is -1.38. The maximum atomic E-state index is 6.84. The van der Waals surface area contributed by atoms with E-state index in [1.165, 1.54) is 11.8 Å². The van der Waals surface area contributed by atoms with Crippen LogP contribution in [-0.4, -0.2) is 16.4 Å². The Balaban J connectivity index is 2.91. The topological polar surface area (TPSA) is 52.5 Å². The predicted molar refractivity (Wildman–Crippen MR) is 50.5 cm³/mol. The molecule has 0 saturated heterocycles.